The molecule has 0 bridgehead atoms. The first-order valence-corrected chi connectivity index (χ1v) is 6.54. The molecule has 1 aliphatic heterocycles. The lowest BCUT2D eigenvalue weighted by Crippen LogP contribution is -2.42. The van der Waals surface area contributed by atoms with Gasteiger partial charge in [0.15, 0.2) is 0 Å². The Kier molecular flexibility index (Phi) is 4.38. The number of nitrogens with zero attached hydrogens (tertiary/aromatic N) is 2. The van der Waals surface area contributed by atoms with Gasteiger partial charge in [-0.25, -0.2) is 0 Å². The molecule has 2 heterocycles. The lowest BCUT2D eigenvalue weighted by atomic mass is 9.95. The van der Waals surface area contributed by atoms with E-state index >= 15 is 0 Å². The third-order valence-electron chi connectivity index (χ3n) is 3.53. The Bertz CT molecular complexity index is 377. The Hall–Kier alpha value is -1.33. The van der Waals surface area contributed by atoms with Crippen molar-refractivity contribution in [3.8, 4) is 0 Å². The molecule has 5 heteroatoms. The predicted molar refractivity (Wildman–Crippen MR) is 73.2 cm³/mol. The van der Waals surface area contributed by atoms with Crippen molar-refractivity contribution in [1.29, 1.82) is 0 Å². The van der Waals surface area contributed by atoms with Gasteiger partial charge in [-0.1, -0.05) is 0 Å². The zero-order chi connectivity index (χ0) is 13.0. The van der Waals surface area contributed by atoms with Crippen LogP contribution in [-0.2, 0) is 4.74 Å². The van der Waals surface area contributed by atoms with Gasteiger partial charge in [-0.3, -0.25) is 4.98 Å². The highest BCUT2D eigenvalue weighted by Gasteiger charge is 2.25. The van der Waals surface area contributed by atoms with Crippen molar-refractivity contribution in [1.82, 2.24) is 4.98 Å². The molecule has 1 atom stereocenters. The Morgan fingerprint density at radius 1 is 1.50 bits per heavy atom. The molecule has 1 aliphatic rings. The number of pyridine rings is 1. The average molecular weight is 250 g/mol. The number of anilines is 2. The molecule has 5 nitrogen and oxygen atoms in total. The monoisotopic (exact) mass is 250 g/mol. The van der Waals surface area contributed by atoms with Gasteiger partial charge < -0.3 is 21.1 Å². The normalized spacial score (nSPS) is 18.9. The van der Waals surface area contributed by atoms with Gasteiger partial charge >= 0.3 is 0 Å². The molecule has 1 aromatic heterocycles. The molecule has 0 aromatic carbocycles. The van der Waals surface area contributed by atoms with Crippen molar-refractivity contribution >= 4 is 11.4 Å². The van der Waals surface area contributed by atoms with E-state index in [1.165, 1.54) is 0 Å². The largest absolute Gasteiger partial charge is 0.396 e. The van der Waals surface area contributed by atoms with Crippen LogP contribution in [0.25, 0.3) is 0 Å². The first kappa shape index (κ1) is 13.1. The van der Waals surface area contributed by atoms with Gasteiger partial charge in [0, 0.05) is 31.8 Å². The third kappa shape index (κ3) is 2.91. The van der Waals surface area contributed by atoms with E-state index in [0.717, 1.165) is 37.3 Å². The fraction of sp³-hybridized carbons (Fsp3) is 0.615. The van der Waals surface area contributed by atoms with Crippen molar-refractivity contribution in [3.05, 3.63) is 18.5 Å². The van der Waals surface area contributed by atoms with E-state index in [4.69, 9.17) is 16.2 Å². The van der Waals surface area contributed by atoms with E-state index in [2.05, 4.69) is 9.88 Å². The van der Waals surface area contributed by atoms with Gasteiger partial charge in [-0.2, -0.15) is 0 Å². The Balaban J connectivity index is 1.93. The molecular weight excluding hydrogens is 228 g/mol. The molecule has 1 fully saturated rings. The second-order valence-corrected chi connectivity index (χ2v) is 4.68. The van der Waals surface area contributed by atoms with Crippen LogP contribution in [0.5, 0.6) is 0 Å². The summed E-state index contributed by atoms with van der Waals surface area (Å²) in [6, 6.07) is 1.97. The van der Waals surface area contributed by atoms with Crippen LogP contribution in [0.1, 0.15) is 19.8 Å². The zero-order valence-electron chi connectivity index (χ0n) is 10.9. The minimum atomic E-state index is -0.132. The van der Waals surface area contributed by atoms with Gasteiger partial charge in [0.05, 0.1) is 17.6 Å². The first-order chi connectivity index (χ1) is 8.72. The Morgan fingerprint density at radius 2 is 2.22 bits per heavy atom. The van der Waals surface area contributed by atoms with Crippen molar-refractivity contribution < 1.29 is 4.74 Å². The Morgan fingerprint density at radius 3 is 2.83 bits per heavy atom. The zero-order valence-corrected chi connectivity index (χ0v) is 10.9. The van der Waals surface area contributed by atoms with Crippen molar-refractivity contribution in [2.45, 2.75) is 26.0 Å². The summed E-state index contributed by atoms with van der Waals surface area (Å²) in [4.78, 5) is 6.31. The smallest absolute Gasteiger partial charge is 0.108 e. The number of hydrogen-bond donors (Lipinski definition) is 2. The molecule has 0 spiro atoms. The van der Waals surface area contributed by atoms with E-state index in [-0.39, 0.29) is 6.23 Å². The maximum absolute atomic E-state index is 6.00. The molecule has 1 unspecified atom stereocenters. The highest BCUT2D eigenvalue weighted by atomic mass is 16.5. The van der Waals surface area contributed by atoms with Gasteiger partial charge in [0.1, 0.15) is 6.23 Å². The molecule has 18 heavy (non-hydrogen) atoms. The summed E-state index contributed by atoms with van der Waals surface area (Å²) in [7, 11) is 0. The lowest BCUT2D eigenvalue weighted by Gasteiger charge is -2.36. The summed E-state index contributed by atoms with van der Waals surface area (Å²) in [5.74, 6) is 0.448. The van der Waals surface area contributed by atoms with Gasteiger partial charge in [-0.05, 0) is 25.8 Å². The predicted octanol–water partition coefficient (Wildman–Crippen LogP) is 1.20. The molecule has 100 valence electrons. The molecular formula is C13H22N4O. The summed E-state index contributed by atoms with van der Waals surface area (Å²) in [6.45, 7) is 4.60. The number of nitrogens with two attached hydrogens (primary N) is 2. The molecule has 0 aliphatic carbocycles. The van der Waals surface area contributed by atoms with E-state index in [1.54, 1.807) is 12.4 Å². The summed E-state index contributed by atoms with van der Waals surface area (Å²) < 4.78 is 5.47. The lowest BCUT2D eigenvalue weighted by molar-refractivity contribution is 0.0163. The van der Waals surface area contributed by atoms with E-state index in [9.17, 15) is 0 Å². The summed E-state index contributed by atoms with van der Waals surface area (Å²) in [6.07, 6.45) is 5.44. The number of hydrogen-bond acceptors (Lipinski definition) is 5. The van der Waals surface area contributed by atoms with E-state index in [1.807, 2.05) is 13.0 Å². The molecule has 0 amide bonds. The van der Waals surface area contributed by atoms with Crippen LogP contribution in [0.15, 0.2) is 18.5 Å². The molecule has 1 aromatic rings. The standard InChI is InChI=1S/C13H22N4O/c1-2-18-13(15)10-4-7-17(8-5-10)12-3-6-16-9-11(12)14/h3,6,9-10,13H,2,4-5,7-8,14-15H2,1H3. The summed E-state index contributed by atoms with van der Waals surface area (Å²) in [5, 5.41) is 0. The maximum atomic E-state index is 6.00. The minimum Gasteiger partial charge on any atom is -0.396 e. The first-order valence-electron chi connectivity index (χ1n) is 6.54. The number of ether oxygens (including phenoxy) is 1. The molecule has 2 rings (SSSR count). The van der Waals surface area contributed by atoms with Crippen LogP contribution < -0.4 is 16.4 Å². The molecule has 0 saturated carbocycles. The average Bonchev–Trinajstić information content (AvgIpc) is 2.40. The molecule has 0 radical (unpaired) electrons. The van der Waals surface area contributed by atoms with Crippen molar-refractivity contribution in [2.75, 3.05) is 30.3 Å². The van der Waals surface area contributed by atoms with Gasteiger partial charge in [0.2, 0.25) is 0 Å². The number of aromatic nitrogens is 1. The third-order valence-corrected chi connectivity index (χ3v) is 3.53. The highest BCUT2D eigenvalue weighted by molar-refractivity contribution is 5.66. The van der Waals surface area contributed by atoms with Crippen LogP contribution in [0.3, 0.4) is 0 Å². The fourth-order valence-corrected chi connectivity index (χ4v) is 2.48. The Labute approximate surface area is 108 Å². The summed E-state index contributed by atoms with van der Waals surface area (Å²) in [5.41, 5.74) is 13.8. The van der Waals surface area contributed by atoms with E-state index in [0.29, 0.717) is 12.5 Å². The van der Waals surface area contributed by atoms with E-state index < -0.39 is 0 Å². The number of piperidine rings is 1. The van der Waals surface area contributed by atoms with Crippen LogP contribution in [0, 0.1) is 5.92 Å². The van der Waals surface area contributed by atoms with Crippen LogP contribution in [0.4, 0.5) is 11.4 Å². The minimum absolute atomic E-state index is 0.132. The quantitative estimate of drug-likeness (QED) is 0.785. The van der Waals surface area contributed by atoms with Gasteiger partial charge in [-0.15, -0.1) is 0 Å². The number of nitrogen functional groups attached to an aromatic ring is 1. The number of rotatable bonds is 4. The van der Waals surface area contributed by atoms with Crippen LogP contribution in [0.2, 0.25) is 0 Å². The molecule has 1 saturated heterocycles. The van der Waals surface area contributed by atoms with Gasteiger partial charge in [0.25, 0.3) is 0 Å². The van der Waals surface area contributed by atoms with Crippen LogP contribution >= 0.6 is 0 Å². The second-order valence-electron chi connectivity index (χ2n) is 4.68. The summed E-state index contributed by atoms with van der Waals surface area (Å²) >= 11 is 0. The highest BCUT2D eigenvalue weighted by Crippen LogP contribution is 2.28. The second kappa shape index (κ2) is 6.02. The maximum Gasteiger partial charge on any atom is 0.108 e. The van der Waals surface area contributed by atoms with Crippen molar-refractivity contribution in [3.63, 3.8) is 0 Å². The van der Waals surface area contributed by atoms with Crippen LogP contribution in [-0.4, -0.2) is 30.9 Å². The van der Waals surface area contributed by atoms with Crippen molar-refractivity contribution in [2.24, 2.45) is 11.7 Å². The topological polar surface area (TPSA) is 77.4 Å². The molecule has 4 N–H and O–H groups in total. The fourth-order valence-electron chi connectivity index (χ4n) is 2.48. The SMILES string of the molecule is CCOC(N)C1CCN(c2ccncc2N)CC1.